The van der Waals surface area contributed by atoms with E-state index in [0.29, 0.717) is 6.04 Å². The third-order valence-electron chi connectivity index (χ3n) is 1.15. The Kier molecular flexibility index (Phi) is 1.72. The maximum atomic E-state index is 10.6. The third-order valence-corrected chi connectivity index (χ3v) is 1.15. The van der Waals surface area contributed by atoms with Crippen LogP contribution in [-0.4, -0.2) is 12.1 Å². The van der Waals surface area contributed by atoms with Gasteiger partial charge in [0.1, 0.15) is 0 Å². The number of rotatable bonds is 2. The third kappa shape index (κ3) is 2.17. The lowest BCUT2D eigenvalue weighted by atomic mass is 10.7. The molecule has 0 aromatic carbocycles. The van der Waals surface area contributed by atoms with Gasteiger partial charge in [0.25, 0.3) is 0 Å². The van der Waals surface area contributed by atoms with E-state index in [2.05, 4.69) is 17.2 Å². The van der Waals surface area contributed by atoms with Crippen molar-refractivity contribution in [2.45, 2.75) is 18.9 Å². The molecule has 1 rings (SSSR count). The molecule has 3 nitrogen and oxygen atoms in total. The Morgan fingerprint density at radius 3 is 2.78 bits per heavy atom. The summed E-state index contributed by atoms with van der Waals surface area (Å²) in [5.74, 6) is 0. The lowest BCUT2D eigenvalue weighted by Gasteiger charge is -1.99. The molecule has 1 fully saturated rings. The standard InChI is InChI=1S/C6H10N2O/c1-2-7-6(9)8-5-3-4-5/h2,5H,1,3-4H2,(H2,7,8,9). The molecule has 0 spiro atoms. The molecule has 0 aromatic rings. The van der Waals surface area contributed by atoms with Crippen molar-refractivity contribution < 1.29 is 4.79 Å². The first-order valence-corrected chi connectivity index (χ1v) is 3.01. The molecule has 0 heterocycles. The van der Waals surface area contributed by atoms with Crippen LogP contribution in [0.4, 0.5) is 4.79 Å². The Bertz CT molecular complexity index is 129. The summed E-state index contributed by atoms with van der Waals surface area (Å²) in [4.78, 5) is 10.6. The van der Waals surface area contributed by atoms with Gasteiger partial charge in [-0.05, 0) is 19.0 Å². The van der Waals surface area contributed by atoms with Gasteiger partial charge in [-0.25, -0.2) is 4.79 Å². The van der Waals surface area contributed by atoms with Crippen molar-refractivity contribution in [3.8, 4) is 0 Å². The summed E-state index contributed by atoms with van der Waals surface area (Å²) < 4.78 is 0. The average molecular weight is 126 g/mol. The monoisotopic (exact) mass is 126 g/mol. The molecule has 2 N–H and O–H groups in total. The summed E-state index contributed by atoms with van der Waals surface area (Å²) in [6, 6.07) is 0.275. The molecule has 0 unspecified atom stereocenters. The number of carbonyl (C=O) groups excluding carboxylic acids is 1. The van der Waals surface area contributed by atoms with Crippen LogP contribution in [0, 0.1) is 0 Å². The Morgan fingerprint density at radius 1 is 1.67 bits per heavy atom. The van der Waals surface area contributed by atoms with Crippen LogP contribution in [0.2, 0.25) is 0 Å². The van der Waals surface area contributed by atoms with Gasteiger partial charge in [0.2, 0.25) is 0 Å². The van der Waals surface area contributed by atoms with Gasteiger partial charge in [-0.2, -0.15) is 0 Å². The molecule has 2 amide bonds. The van der Waals surface area contributed by atoms with Crippen molar-refractivity contribution in [3.05, 3.63) is 12.8 Å². The van der Waals surface area contributed by atoms with E-state index >= 15 is 0 Å². The molecule has 0 aliphatic heterocycles. The summed E-state index contributed by atoms with van der Waals surface area (Å²) in [7, 11) is 0. The fourth-order valence-electron chi connectivity index (χ4n) is 0.547. The summed E-state index contributed by atoms with van der Waals surface area (Å²) in [6.07, 6.45) is 3.60. The maximum Gasteiger partial charge on any atom is 0.318 e. The van der Waals surface area contributed by atoms with Crippen molar-refractivity contribution >= 4 is 6.03 Å². The van der Waals surface area contributed by atoms with Crippen LogP contribution < -0.4 is 10.6 Å². The molecule has 0 saturated heterocycles. The molecule has 0 atom stereocenters. The van der Waals surface area contributed by atoms with Gasteiger partial charge < -0.3 is 10.6 Å². The molecule has 0 radical (unpaired) electrons. The van der Waals surface area contributed by atoms with Crippen molar-refractivity contribution in [1.82, 2.24) is 10.6 Å². The van der Waals surface area contributed by atoms with E-state index in [1.807, 2.05) is 0 Å². The van der Waals surface area contributed by atoms with Gasteiger partial charge in [-0.15, -0.1) is 0 Å². The van der Waals surface area contributed by atoms with Gasteiger partial charge in [-0.3, -0.25) is 0 Å². The van der Waals surface area contributed by atoms with Crippen LogP contribution in [0.1, 0.15) is 12.8 Å². The minimum atomic E-state index is -0.146. The van der Waals surface area contributed by atoms with E-state index in [0.717, 1.165) is 12.8 Å². The lowest BCUT2D eigenvalue weighted by molar-refractivity contribution is 0.244. The number of carbonyl (C=O) groups is 1. The first-order valence-electron chi connectivity index (χ1n) is 3.01. The molecule has 1 aliphatic rings. The van der Waals surface area contributed by atoms with Crippen molar-refractivity contribution in [3.63, 3.8) is 0 Å². The van der Waals surface area contributed by atoms with Crippen LogP contribution >= 0.6 is 0 Å². The van der Waals surface area contributed by atoms with Crippen molar-refractivity contribution in [2.75, 3.05) is 0 Å². The highest BCUT2D eigenvalue weighted by atomic mass is 16.2. The average Bonchev–Trinajstić information content (AvgIpc) is 2.50. The lowest BCUT2D eigenvalue weighted by Crippen LogP contribution is -2.33. The highest BCUT2D eigenvalue weighted by Gasteiger charge is 2.22. The zero-order valence-corrected chi connectivity index (χ0v) is 5.18. The summed E-state index contributed by atoms with van der Waals surface area (Å²) in [5, 5.41) is 5.16. The SMILES string of the molecule is C=CNC(=O)NC1CC1. The maximum absolute atomic E-state index is 10.6. The largest absolute Gasteiger partial charge is 0.335 e. The van der Waals surface area contributed by atoms with E-state index in [1.54, 1.807) is 0 Å². The molecule has 1 saturated carbocycles. The number of amides is 2. The Labute approximate surface area is 54.1 Å². The van der Waals surface area contributed by atoms with Crippen LogP contribution in [0.25, 0.3) is 0 Å². The minimum Gasteiger partial charge on any atom is -0.335 e. The quantitative estimate of drug-likeness (QED) is 0.558. The minimum absolute atomic E-state index is 0.146. The van der Waals surface area contributed by atoms with Crippen LogP contribution in [-0.2, 0) is 0 Å². The second-order valence-electron chi connectivity index (χ2n) is 2.10. The summed E-state index contributed by atoms with van der Waals surface area (Å²) in [6.45, 7) is 3.36. The highest BCUT2D eigenvalue weighted by Crippen LogP contribution is 2.17. The zero-order valence-electron chi connectivity index (χ0n) is 5.18. The predicted molar refractivity (Wildman–Crippen MR) is 34.9 cm³/mol. The Morgan fingerprint density at radius 2 is 2.33 bits per heavy atom. The molecule has 3 heteroatoms. The Hall–Kier alpha value is -0.990. The van der Waals surface area contributed by atoms with E-state index < -0.39 is 0 Å². The topological polar surface area (TPSA) is 41.1 Å². The summed E-state index contributed by atoms with van der Waals surface area (Å²) in [5.41, 5.74) is 0. The molecule has 0 bridgehead atoms. The normalized spacial score (nSPS) is 16.4. The second-order valence-corrected chi connectivity index (χ2v) is 2.10. The molecule has 1 aliphatic carbocycles. The van der Waals surface area contributed by atoms with Crippen LogP contribution in [0.3, 0.4) is 0 Å². The van der Waals surface area contributed by atoms with Gasteiger partial charge in [0.15, 0.2) is 0 Å². The molecular weight excluding hydrogens is 116 g/mol. The van der Waals surface area contributed by atoms with Crippen LogP contribution in [0.15, 0.2) is 12.8 Å². The highest BCUT2D eigenvalue weighted by molar-refractivity contribution is 5.75. The Balaban J connectivity index is 2.09. The van der Waals surface area contributed by atoms with E-state index in [-0.39, 0.29) is 6.03 Å². The van der Waals surface area contributed by atoms with Crippen molar-refractivity contribution in [1.29, 1.82) is 0 Å². The molecular formula is C6H10N2O. The first kappa shape index (κ1) is 6.13. The van der Waals surface area contributed by atoms with Gasteiger partial charge >= 0.3 is 6.03 Å². The van der Waals surface area contributed by atoms with Gasteiger partial charge in [0, 0.05) is 6.04 Å². The molecule has 0 aromatic heterocycles. The summed E-state index contributed by atoms with van der Waals surface area (Å²) >= 11 is 0. The van der Waals surface area contributed by atoms with Gasteiger partial charge in [-0.1, -0.05) is 6.58 Å². The van der Waals surface area contributed by atoms with Crippen LogP contribution in [0.5, 0.6) is 0 Å². The smallest absolute Gasteiger partial charge is 0.318 e. The number of urea groups is 1. The molecule has 50 valence electrons. The predicted octanol–water partition coefficient (Wildman–Crippen LogP) is 0.592. The second kappa shape index (κ2) is 2.53. The van der Waals surface area contributed by atoms with Gasteiger partial charge in [0.05, 0.1) is 0 Å². The van der Waals surface area contributed by atoms with E-state index in [4.69, 9.17) is 0 Å². The number of hydrogen-bond donors (Lipinski definition) is 2. The zero-order chi connectivity index (χ0) is 6.69. The fourth-order valence-corrected chi connectivity index (χ4v) is 0.547. The van der Waals surface area contributed by atoms with E-state index in [9.17, 15) is 4.79 Å². The number of nitrogens with one attached hydrogen (secondary N) is 2. The van der Waals surface area contributed by atoms with E-state index in [1.165, 1.54) is 6.20 Å². The van der Waals surface area contributed by atoms with Crippen molar-refractivity contribution in [2.24, 2.45) is 0 Å². The fraction of sp³-hybridized carbons (Fsp3) is 0.500. The molecule has 9 heavy (non-hydrogen) atoms. The first-order chi connectivity index (χ1) is 4.33. The number of hydrogen-bond acceptors (Lipinski definition) is 1.